The first-order chi connectivity index (χ1) is 17.1. The van der Waals surface area contributed by atoms with Crippen LogP contribution in [0.4, 0.5) is 0 Å². The Morgan fingerprint density at radius 1 is 0.914 bits per heavy atom. The first-order valence-corrected chi connectivity index (χ1v) is 12.2. The Morgan fingerprint density at radius 2 is 1.69 bits per heavy atom. The molecule has 1 atom stereocenters. The van der Waals surface area contributed by atoms with E-state index in [1.807, 2.05) is 54.6 Å². The Hall–Kier alpha value is -3.51. The predicted octanol–water partition coefficient (Wildman–Crippen LogP) is 5.53. The molecule has 0 saturated carbocycles. The predicted molar refractivity (Wildman–Crippen MR) is 135 cm³/mol. The number of aliphatic hydroxyl groups excluding tert-OH is 1. The largest absolute Gasteiger partial charge is 0.493 e. The van der Waals surface area contributed by atoms with Crippen molar-refractivity contribution in [1.29, 1.82) is 0 Å². The van der Waals surface area contributed by atoms with E-state index in [1.165, 1.54) is 4.90 Å². The fourth-order valence-corrected chi connectivity index (χ4v) is 4.25. The lowest BCUT2D eigenvalue weighted by atomic mass is 10.1. The van der Waals surface area contributed by atoms with Crippen molar-refractivity contribution in [3.05, 3.63) is 89.0 Å². The molecule has 0 bridgehead atoms. The van der Waals surface area contributed by atoms with E-state index in [9.17, 15) is 9.90 Å². The molecule has 184 valence electrons. The number of nitrogens with zero attached hydrogens (tertiary/aromatic N) is 1. The third kappa shape index (κ3) is 5.77. The summed E-state index contributed by atoms with van der Waals surface area (Å²) in [6.45, 7) is 3.54. The Balaban J connectivity index is 1.39. The minimum Gasteiger partial charge on any atom is -0.493 e. The second kappa shape index (κ2) is 11.8. The van der Waals surface area contributed by atoms with Gasteiger partial charge in [0, 0.05) is 6.54 Å². The van der Waals surface area contributed by atoms with Gasteiger partial charge in [-0.25, -0.2) is 0 Å². The van der Waals surface area contributed by atoms with Gasteiger partial charge < -0.3 is 24.2 Å². The SMILES string of the molecule is CCCCCOc1c(OC)ccc2c1C(O)N(CCc1ccc(OCc3ccccc3)cc1)C2=O. The number of rotatable bonds is 12. The molecule has 3 aromatic rings. The lowest BCUT2D eigenvalue weighted by molar-refractivity contribution is 0.0170. The average molecular weight is 476 g/mol. The van der Waals surface area contributed by atoms with Crippen molar-refractivity contribution in [2.45, 2.75) is 45.4 Å². The number of hydrogen-bond acceptors (Lipinski definition) is 5. The number of carbonyl (C=O) groups is 1. The van der Waals surface area contributed by atoms with E-state index >= 15 is 0 Å². The van der Waals surface area contributed by atoms with Crippen molar-refractivity contribution in [2.24, 2.45) is 0 Å². The number of benzene rings is 3. The van der Waals surface area contributed by atoms with Gasteiger partial charge in [0.2, 0.25) is 0 Å². The van der Waals surface area contributed by atoms with Gasteiger partial charge >= 0.3 is 0 Å². The molecular weight excluding hydrogens is 442 g/mol. The zero-order valence-corrected chi connectivity index (χ0v) is 20.4. The Kier molecular flexibility index (Phi) is 8.27. The van der Waals surface area contributed by atoms with Gasteiger partial charge in [0.05, 0.1) is 24.8 Å². The maximum absolute atomic E-state index is 13.1. The molecule has 0 aromatic heterocycles. The van der Waals surface area contributed by atoms with Gasteiger partial charge in [0.1, 0.15) is 12.4 Å². The van der Waals surface area contributed by atoms with E-state index in [-0.39, 0.29) is 5.91 Å². The van der Waals surface area contributed by atoms with E-state index in [4.69, 9.17) is 14.2 Å². The maximum Gasteiger partial charge on any atom is 0.256 e. The number of unbranched alkanes of at least 4 members (excludes halogenated alkanes) is 2. The zero-order chi connectivity index (χ0) is 24.6. The van der Waals surface area contributed by atoms with Crippen LogP contribution in [-0.4, -0.2) is 36.2 Å². The lowest BCUT2D eigenvalue weighted by Gasteiger charge is -2.22. The van der Waals surface area contributed by atoms with Crippen LogP contribution < -0.4 is 14.2 Å². The molecule has 1 heterocycles. The van der Waals surface area contributed by atoms with Crippen molar-refractivity contribution < 1.29 is 24.1 Å². The molecule has 1 aliphatic heterocycles. The standard InChI is InChI=1S/C29H33NO5/c1-3-4-8-19-34-27-25(33-2)16-15-24-26(27)29(32)30(28(24)31)18-17-21-11-13-23(14-12-21)35-20-22-9-6-5-7-10-22/h5-7,9-16,29,32H,3-4,8,17-20H2,1-2H3. The van der Waals surface area contributed by atoms with Gasteiger partial charge in [-0.05, 0) is 48.2 Å². The molecule has 1 N–H and O–H groups in total. The summed E-state index contributed by atoms with van der Waals surface area (Å²) in [5.41, 5.74) is 3.13. The van der Waals surface area contributed by atoms with Crippen molar-refractivity contribution in [2.75, 3.05) is 20.3 Å². The monoisotopic (exact) mass is 475 g/mol. The molecule has 1 aliphatic rings. The highest BCUT2D eigenvalue weighted by Gasteiger charge is 2.39. The van der Waals surface area contributed by atoms with E-state index in [0.717, 1.165) is 36.1 Å². The van der Waals surface area contributed by atoms with Gasteiger partial charge in [0.15, 0.2) is 17.7 Å². The number of ether oxygens (including phenoxy) is 3. The summed E-state index contributed by atoms with van der Waals surface area (Å²) in [6.07, 6.45) is 2.59. The van der Waals surface area contributed by atoms with E-state index < -0.39 is 6.23 Å². The highest BCUT2D eigenvalue weighted by atomic mass is 16.5. The van der Waals surface area contributed by atoms with Crippen molar-refractivity contribution >= 4 is 5.91 Å². The summed E-state index contributed by atoms with van der Waals surface area (Å²) in [5, 5.41) is 11.1. The molecule has 1 amide bonds. The Bertz CT molecular complexity index is 1110. The number of carbonyl (C=O) groups excluding carboxylic acids is 1. The summed E-state index contributed by atoms with van der Waals surface area (Å²) >= 11 is 0. The van der Waals surface area contributed by atoms with Crippen molar-refractivity contribution in [1.82, 2.24) is 4.90 Å². The molecule has 3 aromatic carbocycles. The van der Waals surface area contributed by atoms with Crippen LogP contribution in [0.3, 0.4) is 0 Å². The van der Waals surface area contributed by atoms with E-state index in [0.29, 0.717) is 48.8 Å². The number of hydrogen-bond donors (Lipinski definition) is 1. The topological polar surface area (TPSA) is 68.2 Å². The normalized spacial score (nSPS) is 14.7. The van der Waals surface area contributed by atoms with E-state index in [1.54, 1.807) is 19.2 Å². The van der Waals surface area contributed by atoms with Gasteiger partial charge in [-0.1, -0.05) is 62.2 Å². The second-order valence-electron chi connectivity index (χ2n) is 8.65. The molecule has 4 rings (SSSR count). The molecule has 6 heteroatoms. The highest BCUT2D eigenvalue weighted by molar-refractivity contribution is 6.00. The van der Waals surface area contributed by atoms with Crippen LogP contribution >= 0.6 is 0 Å². The molecule has 0 aliphatic carbocycles. The summed E-state index contributed by atoms with van der Waals surface area (Å²) in [6, 6.07) is 21.3. The molecule has 0 saturated heterocycles. The van der Waals surface area contributed by atoms with E-state index in [2.05, 4.69) is 6.92 Å². The van der Waals surface area contributed by atoms with Crippen LogP contribution in [0.1, 0.15) is 59.5 Å². The zero-order valence-electron chi connectivity index (χ0n) is 20.4. The van der Waals surface area contributed by atoms with Crippen molar-refractivity contribution in [3.8, 4) is 17.2 Å². The quantitative estimate of drug-likeness (QED) is 0.349. The smallest absolute Gasteiger partial charge is 0.256 e. The van der Waals surface area contributed by atoms with Gasteiger partial charge in [-0.2, -0.15) is 0 Å². The summed E-state index contributed by atoms with van der Waals surface area (Å²) in [7, 11) is 1.56. The minimum absolute atomic E-state index is 0.198. The first kappa shape index (κ1) is 24.6. The third-order valence-electron chi connectivity index (χ3n) is 6.23. The summed E-state index contributed by atoms with van der Waals surface area (Å²) in [4.78, 5) is 14.6. The lowest BCUT2D eigenvalue weighted by Crippen LogP contribution is -2.30. The van der Waals surface area contributed by atoms with Crippen LogP contribution in [-0.2, 0) is 13.0 Å². The molecule has 6 nitrogen and oxygen atoms in total. The second-order valence-corrected chi connectivity index (χ2v) is 8.65. The van der Waals surface area contributed by atoms with Crippen LogP contribution in [0.2, 0.25) is 0 Å². The average Bonchev–Trinajstić information content (AvgIpc) is 3.14. The Labute approximate surface area is 207 Å². The third-order valence-corrected chi connectivity index (χ3v) is 6.23. The van der Waals surface area contributed by atoms with Crippen LogP contribution in [0, 0.1) is 0 Å². The van der Waals surface area contributed by atoms with Crippen LogP contribution in [0.15, 0.2) is 66.7 Å². The molecule has 0 spiro atoms. The summed E-state index contributed by atoms with van der Waals surface area (Å²) in [5.74, 6) is 1.58. The van der Waals surface area contributed by atoms with Crippen molar-refractivity contribution in [3.63, 3.8) is 0 Å². The number of fused-ring (bicyclic) bond motifs is 1. The molecule has 35 heavy (non-hydrogen) atoms. The fraction of sp³-hybridized carbons (Fsp3) is 0.345. The first-order valence-electron chi connectivity index (χ1n) is 12.2. The van der Waals surface area contributed by atoms with Crippen LogP contribution in [0.5, 0.6) is 17.2 Å². The fourth-order valence-electron chi connectivity index (χ4n) is 4.25. The molecule has 1 unspecified atom stereocenters. The molecule has 0 fully saturated rings. The van der Waals surface area contributed by atoms with Gasteiger partial charge in [-0.3, -0.25) is 4.79 Å². The Morgan fingerprint density at radius 3 is 2.40 bits per heavy atom. The molecule has 0 radical (unpaired) electrons. The highest BCUT2D eigenvalue weighted by Crippen LogP contribution is 2.43. The number of aliphatic hydroxyl groups is 1. The number of methoxy groups -OCH3 is 1. The van der Waals surface area contributed by atoms with Gasteiger partial charge in [-0.15, -0.1) is 0 Å². The number of amides is 1. The van der Waals surface area contributed by atoms with Gasteiger partial charge in [0.25, 0.3) is 5.91 Å². The van der Waals surface area contributed by atoms with Crippen LogP contribution in [0.25, 0.3) is 0 Å². The maximum atomic E-state index is 13.1. The minimum atomic E-state index is -1.07. The summed E-state index contributed by atoms with van der Waals surface area (Å²) < 4.78 is 17.3. The molecular formula is C29H33NO5.